The molecule has 21 heavy (non-hydrogen) atoms. The van der Waals surface area contributed by atoms with Crippen molar-refractivity contribution in [3.8, 4) is 0 Å². The number of hydrogen-bond acceptors (Lipinski definition) is 6. The van der Waals surface area contributed by atoms with Crippen molar-refractivity contribution in [1.82, 2.24) is 9.88 Å². The lowest BCUT2D eigenvalue weighted by atomic mass is 9.82. The normalized spacial score (nSPS) is 21.0. The molecule has 1 heterocycles. The molecule has 7 heteroatoms. The van der Waals surface area contributed by atoms with E-state index >= 15 is 0 Å². The highest BCUT2D eigenvalue weighted by atomic mass is 32.1. The summed E-state index contributed by atoms with van der Waals surface area (Å²) in [5.41, 5.74) is 5.91. The van der Waals surface area contributed by atoms with E-state index in [4.69, 9.17) is 5.73 Å². The Morgan fingerprint density at radius 1 is 1.43 bits per heavy atom. The number of nitrogens with zero attached hydrogens (tertiary/aromatic N) is 3. The summed E-state index contributed by atoms with van der Waals surface area (Å²) in [6.45, 7) is 6.45. The molecule has 1 saturated carbocycles. The van der Waals surface area contributed by atoms with Crippen LogP contribution in [0, 0.1) is 5.92 Å². The number of aliphatic hydroxyl groups excluding tert-OH is 1. The Morgan fingerprint density at radius 3 is 2.57 bits per heavy atom. The molecule has 118 valence electrons. The van der Waals surface area contributed by atoms with Gasteiger partial charge in [-0.1, -0.05) is 11.3 Å². The lowest BCUT2D eigenvalue weighted by Gasteiger charge is -2.34. The van der Waals surface area contributed by atoms with Gasteiger partial charge in [0.25, 0.3) is 5.91 Å². The van der Waals surface area contributed by atoms with Gasteiger partial charge in [-0.05, 0) is 32.6 Å². The highest BCUT2D eigenvalue weighted by molar-refractivity contribution is 7.18. The van der Waals surface area contributed by atoms with Crippen molar-refractivity contribution in [3.63, 3.8) is 0 Å². The maximum absolute atomic E-state index is 12.5. The Hall–Kier alpha value is -1.34. The summed E-state index contributed by atoms with van der Waals surface area (Å²) in [5.74, 6) is 0.627. The lowest BCUT2D eigenvalue weighted by Crippen LogP contribution is -2.39. The van der Waals surface area contributed by atoms with Crippen LogP contribution in [0.4, 0.5) is 10.9 Å². The van der Waals surface area contributed by atoms with Gasteiger partial charge in [-0.2, -0.15) is 0 Å². The average molecular weight is 312 g/mol. The van der Waals surface area contributed by atoms with E-state index < -0.39 is 0 Å². The molecule has 1 aliphatic carbocycles. The van der Waals surface area contributed by atoms with Gasteiger partial charge < -0.3 is 20.6 Å². The molecule has 3 N–H and O–H groups in total. The summed E-state index contributed by atoms with van der Waals surface area (Å²) in [5, 5.41) is 10.1. The lowest BCUT2D eigenvalue weighted by molar-refractivity contribution is 0.0266. The average Bonchev–Trinajstić information content (AvgIpc) is 2.79. The molecule has 2 rings (SSSR count). The number of rotatable bonds is 6. The monoisotopic (exact) mass is 312 g/mol. The fourth-order valence-electron chi connectivity index (χ4n) is 2.60. The van der Waals surface area contributed by atoms with Gasteiger partial charge in [-0.3, -0.25) is 4.79 Å². The first-order chi connectivity index (χ1) is 9.96. The number of amides is 1. The van der Waals surface area contributed by atoms with Crippen LogP contribution in [-0.2, 0) is 0 Å². The summed E-state index contributed by atoms with van der Waals surface area (Å²) in [7, 11) is 1.78. The standard InChI is InChI=1S/C14H24N4O2S/c1-4-18(5-2)14-16-12(15)11(21-14)13(20)17(3)8-9-6-10(19)7-9/h9-10,19H,4-8,15H2,1-3H3. The van der Waals surface area contributed by atoms with Crippen LogP contribution in [0.5, 0.6) is 0 Å². The largest absolute Gasteiger partial charge is 0.393 e. The fraction of sp³-hybridized carbons (Fsp3) is 0.714. The number of aliphatic hydroxyl groups is 1. The quantitative estimate of drug-likeness (QED) is 0.830. The van der Waals surface area contributed by atoms with Crippen LogP contribution >= 0.6 is 11.3 Å². The van der Waals surface area contributed by atoms with Crippen LogP contribution in [0.25, 0.3) is 0 Å². The first kappa shape index (κ1) is 16.0. The van der Waals surface area contributed by atoms with Crippen LogP contribution < -0.4 is 10.6 Å². The first-order valence-electron chi connectivity index (χ1n) is 7.41. The molecule has 6 nitrogen and oxygen atoms in total. The molecule has 0 unspecified atom stereocenters. The zero-order chi connectivity index (χ0) is 15.6. The van der Waals surface area contributed by atoms with E-state index in [9.17, 15) is 9.90 Å². The Kier molecular flexibility index (Phi) is 5.05. The minimum absolute atomic E-state index is 0.0789. The third kappa shape index (κ3) is 3.47. The van der Waals surface area contributed by atoms with Gasteiger partial charge in [-0.25, -0.2) is 4.98 Å². The molecule has 1 fully saturated rings. The predicted molar refractivity (Wildman–Crippen MR) is 85.8 cm³/mol. The number of carbonyl (C=O) groups excluding carboxylic acids is 1. The topological polar surface area (TPSA) is 82.7 Å². The number of thiazole rings is 1. The fourth-order valence-corrected chi connectivity index (χ4v) is 3.70. The number of hydrogen-bond donors (Lipinski definition) is 2. The second-order valence-corrected chi connectivity index (χ2v) is 6.54. The molecular weight excluding hydrogens is 288 g/mol. The van der Waals surface area contributed by atoms with Gasteiger partial charge >= 0.3 is 0 Å². The predicted octanol–water partition coefficient (Wildman–Crippen LogP) is 1.41. The molecule has 1 aromatic heterocycles. The van der Waals surface area contributed by atoms with Crippen LogP contribution in [0.15, 0.2) is 0 Å². The Balaban J connectivity index is 2.04. The molecule has 0 aliphatic heterocycles. The van der Waals surface area contributed by atoms with Crippen molar-refractivity contribution >= 4 is 28.2 Å². The highest BCUT2D eigenvalue weighted by Gasteiger charge is 2.30. The van der Waals surface area contributed by atoms with E-state index in [1.54, 1.807) is 11.9 Å². The van der Waals surface area contributed by atoms with Crippen molar-refractivity contribution < 1.29 is 9.90 Å². The van der Waals surface area contributed by atoms with Gasteiger partial charge in [0.2, 0.25) is 0 Å². The maximum atomic E-state index is 12.5. The van der Waals surface area contributed by atoms with Crippen molar-refractivity contribution in [2.75, 3.05) is 37.3 Å². The van der Waals surface area contributed by atoms with E-state index in [2.05, 4.69) is 23.7 Å². The highest BCUT2D eigenvalue weighted by Crippen LogP contribution is 2.31. The first-order valence-corrected chi connectivity index (χ1v) is 8.22. The van der Waals surface area contributed by atoms with E-state index in [0.29, 0.717) is 23.2 Å². The van der Waals surface area contributed by atoms with Crippen molar-refractivity contribution in [3.05, 3.63) is 4.88 Å². The van der Waals surface area contributed by atoms with Crippen LogP contribution in [0.1, 0.15) is 36.4 Å². The van der Waals surface area contributed by atoms with Crippen molar-refractivity contribution in [1.29, 1.82) is 0 Å². The molecule has 1 aromatic rings. The van der Waals surface area contributed by atoms with E-state index in [0.717, 1.165) is 31.1 Å². The third-order valence-electron chi connectivity index (χ3n) is 3.96. The number of anilines is 2. The summed E-state index contributed by atoms with van der Waals surface area (Å²) in [6.07, 6.45) is 1.36. The Labute approximate surface area is 129 Å². The maximum Gasteiger partial charge on any atom is 0.267 e. The van der Waals surface area contributed by atoms with Crippen molar-refractivity contribution in [2.24, 2.45) is 5.92 Å². The molecule has 0 bridgehead atoms. The molecular formula is C14H24N4O2S. The summed E-state index contributed by atoms with van der Waals surface area (Å²) in [4.78, 5) is 21.1. The van der Waals surface area contributed by atoms with E-state index in [1.165, 1.54) is 11.3 Å². The van der Waals surface area contributed by atoms with Crippen LogP contribution in [-0.4, -0.2) is 53.7 Å². The summed E-state index contributed by atoms with van der Waals surface area (Å²) >= 11 is 1.36. The summed E-state index contributed by atoms with van der Waals surface area (Å²) < 4.78 is 0. The second-order valence-electron chi connectivity index (χ2n) is 5.56. The smallest absolute Gasteiger partial charge is 0.267 e. The van der Waals surface area contributed by atoms with E-state index in [-0.39, 0.29) is 12.0 Å². The van der Waals surface area contributed by atoms with Gasteiger partial charge in [0.1, 0.15) is 10.7 Å². The Morgan fingerprint density at radius 2 is 2.05 bits per heavy atom. The third-order valence-corrected chi connectivity index (χ3v) is 5.08. The molecule has 0 spiro atoms. The molecule has 0 aromatic carbocycles. The number of carbonyl (C=O) groups is 1. The van der Waals surface area contributed by atoms with Crippen LogP contribution in [0.3, 0.4) is 0 Å². The molecule has 0 atom stereocenters. The zero-order valence-corrected chi connectivity index (χ0v) is 13.7. The number of aromatic nitrogens is 1. The molecule has 0 saturated heterocycles. The van der Waals surface area contributed by atoms with Crippen LogP contribution in [0.2, 0.25) is 0 Å². The number of nitrogen functional groups attached to an aromatic ring is 1. The minimum atomic E-state index is -0.193. The minimum Gasteiger partial charge on any atom is -0.393 e. The van der Waals surface area contributed by atoms with Gasteiger partial charge in [0.15, 0.2) is 5.13 Å². The summed E-state index contributed by atoms with van der Waals surface area (Å²) in [6, 6.07) is 0. The molecule has 1 aliphatic rings. The SMILES string of the molecule is CCN(CC)c1nc(N)c(C(=O)N(C)CC2CC(O)C2)s1. The van der Waals surface area contributed by atoms with Gasteiger partial charge in [0, 0.05) is 26.7 Å². The molecule has 0 radical (unpaired) electrons. The number of nitrogens with two attached hydrogens (primary N) is 1. The van der Waals surface area contributed by atoms with Crippen molar-refractivity contribution in [2.45, 2.75) is 32.8 Å². The van der Waals surface area contributed by atoms with Gasteiger partial charge in [-0.15, -0.1) is 0 Å². The second kappa shape index (κ2) is 6.62. The van der Waals surface area contributed by atoms with E-state index in [1.807, 2.05) is 0 Å². The molecule has 1 amide bonds. The zero-order valence-electron chi connectivity index (χ0n) is 12.9. The van der Waals surface area contributed by atoms with Gasteiger partial charge in [0.05, 0.1) is 6.10 Å². The Bertz CT molecular complexity index is 495.